The van der Waals surface area contributed by atoms with E-state index in [1.165, 1.54) is 12.1 Å². The molecule has 110 valence electrons. The Morgan fingerprint density at radius 1 is 1.20 bits per heavy atom. The highest BCUT2D eigenvalue weighted by Gasteiger charge is 2.33. The van der Waals surface area contributed by atoms with E-state index in [1.54, 1.807) is 4.90 Å². The van der Waals surface area contributed by atoms with E-state index in [1.807, 2.05) is 0 Å². The van der Waals surface area contributed by atoms with Gasteiger partial charge in [0, 0.05) is 0 Å². The fourth-order valence-electron chi connectivity index (χ4n) is 2.57. The van der Waals surface area contributed by atoms with E-state index in [0.717, 1.165) is 31.4 Å². The maximum absolute atomic E-state index is 12.7. The zero-order valence-corrected chi connectivity index (χ0v) is 10.9. The van der Waals surface area contributed by atoms with Crippen LogP contribution in [-0.4, -0.2) is 29.1 Å². The first-order valence-electron chi connectivity index (χ1n) is 6.53. The lowest BCUT2D eigenvalue weighted by atomic mass is 10.00. The molecule has 1 aromatic rings. The monoisotopic (exact) mass is 287 g/mol. The Labute approximate surface area is 115 Å². The van der Waals surface area contributed by atoms with E-state index < -0.39 is 23.8 Å². The van der Waals surface area contributed by atoms with Crippen LogP contribution in [0.15, 0.2) is 24.3 Å². The number of alkyl halides is 3. The topological polar surface area (TPSA) is 40.5 Å². The maximum Gasteiger partial charge on any atom is 0.416 e. The van der Waals surface area contributed by atoms with Gasteiger partial charge in [0.1, 0.15) is 6.04 Å². The summed E-state index contributed by atoms with van der Waals surface area (Å²) in [6.45, 7) is 1.21. The Kier molecular flexibility index (Phi) is 4.32. The van der Waals surface area contributed by atoms with Gasteiger partial charge in [-0.3, -0.25) is 9.69 Å². The van der Waals surface area contributed by atoms with Gasteiger partial charge in [-0.05, 0) is 43.6 Å². The summed E-state index contributed by atoms with van der Waals surface area (Å²) in [5.74, 6) is -1.11. The van der Waals surface area contributed by atoms with Crippen molar-refractivity contribution in [3.63, 3.8) is 0 Å². The van der Waals surface area contributed by atoms with Crippen LogP contribution in [0.5, 0.6) is 0 Å². The average molecular weight is 287 g/mol. The van der Waals surface area contributed by atoms with Crippen molar-refractivity contribution in [1.29, 1.82) is 0 Å². The Hall–Kier alpha value is -1.56. The van der Waals surface area contributed by atoms with Gasteiger partial charge in [-0.15, -0.1) is 0 Å². The van der Waals surface area contributed by atoms with Gasteiger partial charge in [0.2, 0.25) is 0 Å². The minimum atomic E-state index is -4.46. The molecule has 3 nitrogen and oxygen atoms in total. The van der Waals surface area contributed by atoms with Crippen LogP contribution in [0.2, 0.25) is 0 Å². The first-order chi connectivity index (χ1) is 9.39. The van der Waals surface area contributed by atoms with Crippen LogP contribution < -0.4 is 0 Å². The Morgan fingerprint density at radius 2 is 1.85 bits per heavy atom. The molecule has 1 aliphatic heterocycles. The summed E-state index contributed by atoms with van der Waals surface area (Å²) in [4.78, 5) is 13.2. The lowest BCUT2D eigenvalue weighted by Gasteiger charge is -2.32. The summed E-state index contributed by atoms with van der Waals surface area (Å²) in [5.41, 5.74) is -0.618. The summed E-state index contributed by atoms with van der Waals surface area (Å²) in [5, 5.41) is 9.35. The van der Waals surface area contributed by atoms with Crippen LogP contribution in [0, 0.1) is 0 Å². The zero-order valence-electron chi connectivity index (χ0n) is 10.9. The molecule has 1 aliphatic rings. The third kappa shape index (κ3) is 3.30. The number of nitrogens with zero attached hydrogens (tertiary/aromatic N) is 1. The first kappa shape index (κ1) is 14.8. The van der Waals surface area contributed by atoms with Gasteiger partial charge in [-0.2, -0.15) is 13.2 Å². The number of carboxylic acids is 1. The number of halogens is 3. The minimum Gasteiger partial charge on any atom is -0.480 e. The molecule has 0 radical (unpaired) electrons. The standard InChI is InChI=1S/C14H16F3NO2/c15-14(16,17)11-6-4-5-10(9-11)12(13(19)20)18-7-2-1-3-8-18/h4-6,9,12H,1-3,7-8H2,(H,19,20)/t12-/m0/s1. The predicted molar refractivity (Wildman–Crippen MR) is 67.2 cm³/mol. The molecule has 0 bridgehead atoms. The number of piperidine rings is 1. The van der Waals surface area contributed by atoms with Crippen LogP contribution in [0.1, 0.15) is 36.4 Å². The van der Waals surface area contributed by atoms with E-state index in [9.17, 15) is 23.1 Å². The molecule has 1 saturated heterocycles. The molecule has 0 amide bonds. The molecule has 1 heterocycles. The predicted octanol–water partition coefficient (Wildman–Crippen LogP) is 3.32. The third-order valence-electron chi connectivity index (χ3n) is 3.52. The molecule has 1 fully saturated rings. The van der Waals surface area contributed by atoms with E-state index in [4.69, 9.17) is 0 Å². The molecule has 20 heavy (non-hydrogen) atoms. The van der Waals surface area contributed by atoms with Crippen molar-refractivity contribution in [2.24, 2.45) is 0 Å². The molecule has 2 rings (SSSR count). The second-order valence-corrected chi connectivity index (χ2v) is 4.96. The number of hydrogen-bond acceptors (Lipinski definition) is 2. The fraction of sp³-hybridized carbons (Fsp3) is 0.500. The van der Waals surface area contributed by atoms with E-state index in [-0.39, 0.29) is 5.56 Å². The van der Waals surface area contributed by atoms with E-state index in [2.05, 4.69) is 0 Å². The quantitative estimate of drug-likeness (QED) is 0.927. The summed E-state index contributed by atoms with van der Waals surface area (Å²) in [6, 6.07) is 3.60. The number of rotatable bonds is 3. The van der Waals surface area contributed by atoms with Gasteiger partial charge in [-0.1, -0.05) is 18.6 Å². The molecule has 6 heteroatoms. The number of carboxylic acid groups (broad SMARTS) is 1. The number of benzene rings is 1. The van der Waals surface area contributed by atoms with Crippen LogP contribution in [0.3, 0.4) is 0 Å². The molecule has 0 unspecified atom stereocenters. The number of likely N-dealkylation sites (tertiary alicyclic amines) is 1. The number of carbonyl (C=O) groups is 1. The van der Waals surface area contributed by atoms with Crippen LogP contribution in [0.4, 0.5) is 13.2 Å². The van der Waals surface area contributed by atoms with Crippen LogP contribution >= 0.6 is 0 Å². The van der Waals surface area contributed by atoms with Gasteiger partial charge >= 0.3 is 12.1 Å². The minimum absolute atomic E-state index is 0.189. The van der Waals surface area contributed by atoms with E-state index >= 15 is 0 Å². The Morgan fingerprint density at radius 3 is 2.40 bits per heavy atom. The van der Waals surface area contributed by atoms with Gasteiger partial charge < -0.3 is 5.11 Å². The Bertz CT molecular complexity index is 482. The molecule has 0 aromatic heterocycles. The molecular formula is C14H16F3NO2. The van der Waals surface area contributed by atoms with Gasteiger partial charge in [0.05, 0.1) is 5.56 Å². The smallest absolute Gasteiger partial charge is 0.416 e. The zero-order chi connectivity index (χ0) is 14.8. The second-order valence-electron chi connectivity index (χ2n) is 4.96. The van der Waals surface area contributed by atoms with Gasteiger partial charge in [0.25, 0.3) is 0 Å². The molecule has 1 N–H and O–H groups in total. The molecule has 0 aliphatic carbocycles. The largest absolute Gasteiger partial charge is 0.480 e. The maximum atomic E-state index is 12.7. The number of hydrogen-bond donors (Lipinski definition) is 1. The summed E-state index contributed by atoms with van der Waals surface area (Å²) < 4.78 is 38.1. The number of aliphatic carboxylic acids is 1. The van der Waals surface area contributed by atoms with Crippen molar-refractivity contribution in [2.75, 3.05) is 13.1 Å². The van der Waals surface area contributed by atoms with Crippen molar-refractivity contribution in [3.8, 4) is 0 Å². The van der Waals surface area contributed by atoms with Crippen LogP contribution in [-0.2, 0) is 11.0 Å². The molecule has 0 saturated carbocycles. The highest BCUT2D eigenvalue weighted by Crippen LogP contribution is 2.32. The van der Waals surface area contributed by atoms with E-state index in [0.29, 0.717) is 13.1 Å². The SMILES string of the molecule is O=C(O)[C@H](c1cccc(C(F)(F)F)c1)N1CCCCC1. The van der Waals surface area contributed by atoms with Gasteiger partial charge in [-0.25, -0.2) is 0 Å². The summed E-state index contributed by atoms with van der Waals surface area (Å²) in [7, 11) is 0. The molecule has 1 atom stereocenters. The van der Waals surface area contributed by atoms with Crippen molar-refractivity contribution in [1.82, 2.24) is 4.90 Å². The fourth-order valence-corrected chi connectivity index (χ4v) is 2.57. The summed E-state index contributed by atoms with van der Waals surface area (Å²) in [6.07, 6.45) is -1.67. The van der Waals surface area contributed by atoms with Crippen molar-refractivity contribution >= 4 is 5.97 Å². The van der Waals surface area contributed by atoms with Crippen molar-refractivity contribution < 1.29 is 23.1 Å². The van der Waals surface area contributed by atoms with Crippen molar-refractivity contribution in [2.45, 2.75) is 31.5 Å². The normalized spacial score (nSPS) is 18.8. The summed E-state index contributed by atoms with van der Waals surface area (Å²) >= 11 is 0. The third-order valence-corrected chi connectivity index (χ3v) is 3.52. The van der Waals surface area contributed by atoms with Crippen molar-refractivity contribution in [3.05, 3.63) is 35.4 Å². The highest BCUT2D eigenvalue weighted by molar-refractivity contribution is 5.75. The van der Waals surface area contributed by atoms with Gasteiger partial charge in [0.15, 0.2) is 0 Å². The Balaban J connectivity index is 2.32. The lowest BCUT2D eigenvalue weighted by Crippen LogP contribution is -2.38. The van der Waals surface area contributed by atoms with Crippen LogP contribution in [0.25, 0.3) is 0 Å². The highest BCUT2D eigenvalue weighted by atomic mass is 19.4. The molecule has 1 aromatic carbocycles. The second kappa shape index (κ2) is 5.83. The first-order valence-corrected chi connectivity index (χ1v) is 6.53. The lowest BCUT2D eigenvalue weighted by molar-refractivity contribution is -0.144. The molecule has 0 spiro atoms. The average Bonchev–Trinajstić information content (AvgIpc) is 2.39. The molecular weight excluding hydrogens is 271 g/mol.